The fourth-order valence-electron chi connectivity index (χ4n) is 15.4. The number of phosphoric ester groups is 1. The molecule has 1 aliphatic carbocycles. The van der Waals surface area contributed by atoms with E-state index in [1.807, 2.05) is 0 Å². The van der Waals surface area contributed by atoms with E-state index in [1.165, 1.54) is 173 Å². The Kier molecular flexibility index (Phi) is 63.6. The van der Waals surface area contributed by atoms with Gasteiger partial charge in [0.1, 0.15) is 92.6 Å². The summed E-state index contributed by atoms with van der Waals surface area (Å²) >= 11 is 0. The third kappa shape index (κ3) is 49.2. The van der Waals surface area contributed by atoms with Crippen molar-refractivity contribution in [1.82, 2.24) is 0 Å². The summed E-state index contributed by atoms with van der Waals surface area (Å²) in [5.41, 5.74) is 0. The van der Waals surface area contributed by atoms with Gasteiger partial charge in [0.05, 0.1) is 13.2 Å². The minimum Gasteiger partial charge on any atom is -0.463 e. The van der Waals surface area contributed by atoms with Crippen LogP contribution in [0.1, 0.15) is 400 Å². The second kappa shape index (κ2) is 68.7. The van der Waals surface area contributed by atoms with Crippen LogP contribution in [-0.2, 0) is 70.7 Å². The SMILES string of the molecule is CCCCCC/C=C\CCCCCCCCCC(=O)OC1C(O)C(O)C(OC2OC(CO)C(O)C(O)C2O)C(OP(=O)(O)OCC(COC(=O)CCCCCCCCCCCCCCCCC)OC(=O)CCCCCCCCCCCCCCC)C1OC1OC(COC(=O)CCCCCCCCCCCCCCC)C(O)C(O)C1O. The Hall–Kier alpha value is -2.79. The van der Waals surface area contributed by atoms with Crippen LogP contribution in [0.4, 0.5) is 0 Å². The molecule has 0 aromatic carbocycles. The van der Waals surface area contributed by atoms with Crippen molar-refractivity contribution in [2.75, 3.05) is 26.4 Å². The first kappa shape index (κ1) is 106. The number of allylic oxidation sites excluding steroid dienone is 2. The average Bonchev–Trinajstić information content (AvgIpc) is 0.754. The Bertz CT molecular complexity index is 2440. The first-order chi connectivity index (χ1) is 55.7. The molecule has 10 N–H and O–H groups in total. The lowest BCUT2D eigenvalue weighted by Gasteiger charge is -2.50. The molecule has 2 saturated heterocycles. The normalized spacial score (nSPS) is 25.3. The number of esters is 4. The lowest BCUT2D eigenvalue weighted by atomic mass is 9.84. The second-order valence-electron chi connectivity index (χ2n) is 33.2. The van der Waals surface area contributed by atoms with Crippen molar-refractivity contribution in [2.45, 2.75) is 504 Å². The predicted octanol–water partition coefficient (Wildman–Crippen LogP) is 16.8. The van der Waals surface area contributed by atoms with Gasteiger partial charge < -0.3 is 88.7 Å². The molecule has 25 nitrogen and oxygen atoms in total. The summed E-state index contributed by atoms with van der Waals surface area (Å²) in [6.45, 7) is 5.59. The lowest BCUT2D eigenvalue weighted by molar-refractivity contribution is -0.360. The highest BCUT2D eigenvalue weighted by Gasteiger charge is 2.60. The molecule has 0 aromatic rings. The molecule has 2 aliphatic heterocycles. The van der Waals surface area contributed by atoms with Crippen LogP contribution in [-0.4, -0.2) is 205 Å². The van der Waals surface area contributed by atoms with Crippen LogP contribution < -0.4 is 0 Å². The van der Waals surface area contributed by atoms with E-state index in [9.17, 15) is 74.6 Å². The van der Waals surface area contributed by atoms with Gasteiger partial charge in [-0.15, -0.1) is 0 Å². The molecule has 0 bridgehead atoms. The minimum absolute atomic E-state index is 0.0178. The fraction of sp³-hybridized carbons (Fsp3) is 0.933. The Balaban J connectivity index is 1.92. The van der Waals surface area contributed by atoms with Crippen LogP contribution in [0.5, 0.6) is 0 Å². The molecular weight excluding hydrogens is 1500 g/mol. The average molecular weight is 1670 g/mol. The van der Waals surface area contributed by atoms with Crippen molar-refractivity contribution in [3.8, 4) is 0 Å². The van der Waals surface area contributed by atoms with Crippen LogP contribution in [0.25, 0.3) is 0 Å². The zero-order chi connectivity index (χ0) is 84.0. The summed E-state index contributed by atoms with van der Waals surface area (Å²) in [4.78, 5) is 66.4. The third-order valence-electron chi connectivity index (χ3n) is 22.8. The van der Waals surface area contributed by atoms with Gasteiger partial charge in [-0.1, -0.05) is 335 Å². The molecule has 26 heteroatoms. The number of aliphatic hydroxyl groups is 9. The van der Waals surface area contributed by atoms with Gasteiger partial charge in [0.25, 0.3) is 0 Å². The highest BCUT2D eigenvalue weighted by Crippen LogP contribution is 2.49. The van der Waals surface area contributed by atoms with Gasteiger partial charge in [0.2, 0.25) is 0 Å². The number of carbonyl (C=O) groups excluding carboxylic acids is 4. The van der Waals surface area contributed by atoms with Gasteiger partial charge in [0.15, 0.2) is 24.8 Å². The molecule has 676 valence electrons. The number of hydrogen-bond acceptors (Lipinski definition) is 24. The Morgan fingerprint density at radius 1 is 0.339 bits per heavy atom. The summed E-state index contributed by atoms with van der Waals surface area (Å²) in [7, 11) is -5.80. The molecule has 18 atom stereocenters. The van der Waals surface area contributed by atoms with Gasteiger partial charge in [0, 0.05) is 25.7 Å². The molecule has 0 aromatic heterocycles. The number of phosphoric acid groups is 1. The number of ether oxygens (including phenoxy) is 8. The molecule has 2 heterocycles. The molecule has 3 fully saturated rings. The van der Waals surface area contributed by atoms with Crippen molar-refractivity contribution in [3.05, 3.63) is 12.2 Å². The number of aliphatic hydroxyl groups excluding tert-OH is 9. The van der Waals surface area contributed by atoms with Crippen LogP contribution in [0, 0.1) is 0 Å². The van der Waals surface area contributed by atoms with Gasteiger partial charge in [-0.25, -0.2) is 4.57 Å². The second-order valence-corrected chi connectivity index (χ2v) is 34.6. The maximum Gasteiger partial charge on any atom is 0.472 e. The van der Waals surface area contributed by atoms with Gasteiger partial charge >= 0.3 is 31.7 Å². The maximum atomic E-state index is 14.9. The quantitative estimate of drug-likeness (QED) is 0.00889. The molecule has 3 rings (SSSR count). The van der Waals surface area contributed by atoms with Crippen molar-refractivity contribution in [1.29, 1.82) is 0 Å². The fourth-order valence-corrected chi connectivity index (χ4v) is 16.3. The highest BCUT2D eigenvalue weighted by atomic mass is 31.2. The van der Waals surface area contributed by atoms with Crippen LogP contribution in [0.15, 0.2) is 12.2 Å². The van der Waals surface area contributed by atoms with E-state index in [4.69, 9.17) is 46.9 Å². The first-order valence-electron chi connectivity index (χ1n) is 46.4. The number of unbranched alkanes of at least 4 members (excludes halogenated alkanes) is 49. The zero-order valence-electron chi connectivity index (χ0n) is 71.9. The van der Waals surface area contributed by atoms with E-state index in [1.54, 1.807) is 0 Å². The summed E-state index contributed by atoms with van der Waals surface area (Å²) in [6, 6.07) is 0. The lowest BCUT2D eigenvalue weighted by Crippen LogP contribution is -2.70. The van der Waals surface area contributed by atoms with Crippen LogP contribution in [0.3, 0.4) is 0 Å². The topological polar surface area (TPSA) is 380 Å². The van der Waals surface area contributed by atoms with Gasteiger partial charge in [-0.05, 0) is 51.4 Å². The number of rotatable bonds is 75. The molecule has 0 radical (unpaired) electrons. The summed E-state index contributed by atoms with van der Waals surface area (Å²) in [6.07, 6.45) is 26.4. The van der Waals surface area contributed by atoms with E-state index >= 15 is 0 Å². The monoisotopic (exact) mass is 1670 g/mol. The van der Waals surface area contributed by atoms with Gasteiger partial charge in [-0.3, -0.25) is 28.2 Å². The largest absolute Gasteiger partial charge is 0.472 e. The maximum absolute atomic E-state index is 14.9. The number of hydrogen-bond donors (Lipinski definition) is 10. The smallest absolute Gasteiger partial charge is 0.463 e. The predicted molar refractivity (Wildman–Crippen MR) is 444 cm³/mol. The van der Waals surface area contributed by atoms with E-state index in [0.29, 0.717) is 32.1 Å². The summed E-state index contributed by atoms with van der Waals surface area (Å²) < 4.78 is 73.4. The van der Waals surface area contributed by atoms with Crippen molar-refractivity contribution >= 4 is 31.7 Å². The molecule has 0 amide bonds. The minimum atomic E-state index is -5.80. The van der Waals surface area contributed by atoms with Crippen LogP contribution in [0.2, 0.25) is 0 Å². The van der Waals surface area contributed by atoms with E-state index in [0.717, 1.165) is 141 Å². The molecule has 1 saturated carbocycles. The molecule has 3 aliphatic rings. The van der Waals surface area contributed by atoms with E-state index in [2.05, 4.69) is 39.8 Å². The summed E-state index contributed by atoms with van der Waals surface area (Å²) in [5, 5.41) is 102. The molecule has 18 unspecified atom stereocenters. The third-order valence-corrected chi connectivity index (χ3v) is 23.8. The van der Waals surface area contributed by atoms with E-state index in [-0.39, 0.29) is 25.7 Å². The van der Waals surface area contributed by atoms with Crippen molar-refractivity contribution < 1.29 is 122 Å². The highest BCUT2D eigenvalue weighted by molar-refractivity contribution is 7.47. The Morgan fingerprint density at radius 2 is 0.652 bits per heavy atom. The first-order valence-corrected chi connectivity index (χ1v) is 47.9. The molecule has 115 heavy (non-hydrogen) atoms. The van der Waals surface area contributed by atoms with E-state index < -0.39 is 162 Å². The zero-order valence-corrected chi connectivity index (χ0v) is 72.7. The van der Waals surface area contributed by atoms with Gasteiger partial charge in [-0.2, -0.15) is 0 Å². The molecular formula is C89H165O25P. The number of carbonyl (C=O) groups is 4. The Labute approximate surface area is 692 Å². The van der Waals surface area contributed by atoms with Crippen molar-refractivity contribution in [2.24, 2.45) is 0 Å². The standard InChI is InChI=1S/C89H165O25P/c1-5-9-13-17-21-25-29-33-35-39-42-45-49-53-57-61-72(91)105-66-69(108-74(93)63-59-55-51-47-43-38-32-28-24-20-16-12-8-4)67-107-115(103,104)114-87-85(112-88-82(101)78(97)76(95)70(65-90)109-88)81(100)80(99)84(111-75(94)64-60-56-52-48-44-40-36-34-30-26-22-18-14-10-6-2)86(87)113-89-83(102)79(98)77(96)71(110-89)68-106-73(92)62-58-54-50-46-41-37-31-27-23-19-15-11-7-3/h26,30,69-71,76-90,95-102H,5-25,27-29,31-68H2,1-4H3,(H,103,104)/b30-26-. The Morgan fingerprint density at radius 3 is 1.04 bits per heavy atom. The van der Waals surface area contributed by atoms with Crippen molar-refractivity contribution in [3.63, 3.8) is 0 Å². The summed E-state index contributed by atoms with van der Waals surface area (Å²) in [5.74, 6) is -2.95. The van der Waals surface area contributed by atoms with Crippen LogP contribution >= 0.6 is 7.82 Å². The molecule has 0 spiro atoms.